The Kier molecular flexibility index (Phi) is 10.6. The molecule has 1 N–H and O–H groups in total. The SMILES string of the molecule is CCCCCCn1c(COC(=O)c2ccc(OC(C)(C)C(=O)O)c(OC)c2)nn(Cc2ccc(C(C)(C)C)cc2)c1=O. The van der Waals surface area contributed by atoms with Crippen LogP contribution in [-0.4, -0.2) is 44.1 Å². The number of unbranched alkanes of at least 4 members (excludes halogenated alkanes) is 3. The number of methoxy groups -OCH3 is 1. The largest absolute Gasteiger partial charge is 0.493 e. The van der Waals surface area contributed by atoms with Crippen molar-refractivity contribution in [1.29, 1.82) is 0 Å². The fourth-order valence-electron chi connectivity index (χ4n) is 4.31. The van der Waals surface area contributed by atoms with E-state index in [0.717, 1.165) is 31.2 Å². The molecule has 3 aromatic rings. The number of hydrogen-bond acceptors (Lipinski definition) is 7. The van der Waals surface area contributed by atoms with Crippen molar-refractivity contribution in [3.63, 3.8) is 0 Å². The number of carbonyl (C=O) groups excluding carboxylic acids is 1. The highest BCUT2D eigenvalue weighted by atomic mass is 16.5. The molecule has 0 aliphatic heterocycles. The normalized spacial score (nSPS) is 11.8. The zero-order chi connectivity index (χ0) is 31.1. The Morgan fingerprint density at radius 1 is 0.952 bits per heavy atom. The van der Waals surface area contributed by atoms with Crippen LogP contribution in [0, 0.1) is 0 Å². The molecule has 0 aliphatic rings. The van der Waals surface area contributed by atoms with Gasteiger partial charge in [0.2, 0.25) is 0 Å². The summed E-state index contributed by atoms with van der Waals surface area (Å²) in [5, 5.41) is 13.9. The zero-order valence-corrected chi connectivity index (χ0v) is 25.7. The van der Waals surface area contributed by atoms with Crippen molar-refractivity contribution < 1.29 is 28.9 Å². The fraction of sp³-hybridized carbons (Fsp3) is 0.500. The fourth-order valence-corrected chi connectivity index (χ4v) is 4.31. The summed E-state index contributed by atoms with van der Waals surface area (Å²) in [7, 11) is 1.39. The first kappa shape index (κ1) is 32.4. The second-order valence-electron chi connectivity index (χ2n) is 11.9. The molecule has 228 valence electrons. The van der Waals surface area contributed by atoms with E-state index in [2.05, 4.69) is 44.9 Å². The van der Waals surface area contributed by atoms with Gasteiger partial charge in [-0.15, -0.1) is 0 Å². The molecule has 10 heteroatoms. The van der Waals surface area contributed by atoms with Gasteiger partial charge in [0, 0.05) is 6.54 Å². The summed E-state index contributed by atoms with van der Waals surface area (Å²) in [4.78, 5) is 37.7. The van der Waals surface area contributed by atoms with Crippen LogP contribution in [0.4, 0.5) is 0 Å². The first-order valence-corrected chi connectivity index (χ1v) is 14.3. The maximum absolute atomic E-state index is 13.3. The van der Waals surface area contributed by atoms with Gasteiger partial charge in [-0.05, 0) is 55.0 Å². The quantitative estimate of drug-likeness (QED) is 0.193. The van der Waals surface area contributed by atoms with Crippen LogP contribution < -0.4 is 15.2 Å². The summed E-state index contributed by atoms with van der Waals surface area (Å²) in [6, 6.07) is 12.5. The van der Waals surface area contributed by atoms with Gasteiger partial charge in [-0.25, -0.2) is 19.1 Å². The van der Waals surface area contributed by atoms with Crippen LogP contribution in [0.25, 0.3) is 0 Å². The Balaban J connectivity index is 1.80. The lowest BCUT2D eigenvalue weighted by atomic mass is 9.87. The first-order valence-electron chi connectivity index (χ1n) is 14.3. The lowest BCUT2D eigenvalue weighted by Gasteiger charge is -2.23. The Morgan fingerprint density at radius 3 is 2.24 bits per heavy atom. The lowest BCUT2D eigenvalue weighted by molar-refractivity contribution is -0.152. The van der Waals surface area contributed by atoms with E-state index in [-0.39, 0.29) is 34.8 Å². The molecule has 0 aliphatic carbocycles. The number of carbonyl (C=O) groups is 2. The molecule has 0 bridgehead atoms. The summed E-state index contributed by atoms with van der Waals surface area (Å²) < 4.78 is 19.5. The number of hydrogen-bond donors (Lipinski definition) is 1. The van der Waals surface area contributed by atoms with Crippen molar-refractivity contribution >= 4 is 11.9 Å². The standard InChI is InChI=1S/C32H43N3O7/c1-8-9-10-11-18-34-27(33-35(30(34)39)20-22-12-15-24(16-13-22)31(2,3)4)21-41-28(36)23-14-17-25(26(19-23)40-7)42-32(5,6)29(37)38/h12-17,19H,8-11,18,20-21H2,1-7H3,(H,37,38). The van der Waals surface area contributed by atoms with Crippen molar-refractivity contribution in [3.8, 4) is 11.5 Å². The third kappa shape index (κ3) is 8.24. The molecule has 0 fully saturated rings. The number of nitrogens with zero attached hydrogens (tertiary/aromatic N) is 3. The predicted octanol–water partition coefficient (Wildman–Crippen LogP) is 5.58. The highest BCUT2D eigenvalue weighted by Crippen LogP contribution is 2.31. The van der Waals surface area contributed by atoms with Crippen LogP contribution in [0.2, 0.25) is 0 Å². The van der Waals surface area contributed by atoms with Gasteiger partial charge >= 0.3 is 17.6 Å². The summed E-state index contributed by atoms with van der Waals surface area (Å²) in [6.45, 7) is 12.0. The van der Waals surface area contributed by atoms with Crippen molar-refractivity contribution in [1.82, 2.24) is 14.3 Å². The Labute approximate surface area is 247 Å². The molecule has 0 atom stereocenters. The summed E-state index contributed by atoms with van der Waals surface area (Å²) in [5.41, 5.74) is 0.617. The van der Waals surface area contributed by atoms with E-state index in [9.17, 15) is 19.5 Å². The number of carboxylic acids is 1. The minimum Gasteiger partial charge on any atom is -0.493 e. The molecule has 0 unspecified atom stereocenters. The van der Waals surface area contributed by atoms with E-state index in [0.29, 0.717) is 18.9 Å². The third-order valence-corrected chi connectivity index (χ3v) is 7.00. The van der Waals surface area contributed by atoms with Gasteiger partial charge in [-0.2, -0.15) is 5.10 Å². The number of esters is 1. The van der Waals surface area contributed by atoms with Gasteiger partial charge in [-0.1, -0.05) is 71.2 Å². The van der Waals surface area contributed by atoms with Gasteiger partial charge in [0.15, 0.2) is 29.5 Å². The molecule has 0 amide bonds. The van der Waals surface area contributed by atoms with Gasteiger partial charge in [0.05, 0.1) is 19.2 Å². The van der Waals surface area contributed by atoms with Gasteiger partial charge in [0.25, 0.3) is 0 Å². The molecule has 0 saturated heterocycles. The van der Waals surface area contributed by atoms with Crippen LogP contribution in [-0.2, 0) is 34.6 Å². The topological polar surface area (TPSA) is 122 Å². The third-order valence-electron chi connectivity index (χ3n) is 7.00. The minimum atomic E-state index is -1.50. The Morgan fingerprint density at radius 2 is 1.64 bits per heavy atom. The molecule has 1 aromatic heterocycles. The van der Waals surface area contributed by atoms with Gasteiger partial charge < -0.3 is 19.3 Å². The maximum Gasteiger partial charge on any atom is 0.347 e. The monoisotopic (exact) mass is 581 g/mol. The number of aromatic nitrogens is 3. The van der Waals surface area contributed by atoms with E-state index in [4.69, 9.17) is 14.2 Å². The number of aliphatic carboxylic acids is 1. The van der Waals surface area contributed by atoms with E-state index in [1.54, 1.807) is 4.57 Å². The molecular weight excluding hydrogens is 538 g/mol. The van der Waals surface area contributed by atoms with Crippen molar-refractivity contribution in [3.05, 3.63) is 75.5 Å². The van der Waals surface area contributed by atoms with Crippen molar-refractivity contribution in [2.75, 3.05) is 7.11 Å². The molecule has 3 rings (SSSR count). The number of ether oxygens (including phenoxy) is 3. The average molecular weight is 582 g/mol. The molecule has 0 saturated carbocycles. The van der Waals surface area contributed by atoms with Crippen LogP contribution >= 0.6 is 0 Å². The van der Waals surface area contributed by atoms with Crippen LogP contribution in [0.15, 0.2) is 47.3 Å². The van der Waals surface area contributed by atoms with Gasteiger partial charge in [0.1, 0.15) is 0 Å². The van der Waals surface area contributed by atoms with E-state index in [1.165, 1.54) is 49.4 Å². The number of benzene rings is 2. The molecule has 10 nitrogen and oxygen atoms in total. The van der Waals surface area contributed by atoms with E-state index in [1.807, 2.05) is 12.1 Å². The predicted molar refractivity (Wildman–Crippen MR) is 159 cm³/mol. The molecule has 42 heavy (non-hydrogen) atoms. The smallest absolute Gasteiger partial charge is 0.347 e. The minimum absolute atomic E-state index is 0.0267. The summed E-state index contributed by atoms with van der Waals surface area (Å²) in [5.74, 6) is -1.05. The van der Waals surface area contributed by atoms with Gasteiger partial charge in [-0.3, -0.25) is 4.57 Å². The van der Waals surface area contributed by atoms with Crippen LogP contribution in [0.1, 0.15) is 94.5 Å². The average Bonchev–Trinajstić information content (AvgIpc) is 3.23. The molecular formula is C32H43N3O7. The summed E-state index contributed by atoms with van der Waals surface area (Å²) in [6.07, 6.45) is 3.93. The van der Waals surface area contributed by atoms with Crippen LogP contribution in [0.3, 0.4) is 0 Å². The van der Waals surface area contributed by atoms with E-state index < -0.39 is 17.5 Å². The number of carboxylic acid groups (broad SMARTS) is 1. The maximum atomic E-state index is 13.3. The molecule has 2 aromatic carbocycles. The highest BCUT2D eigenvalue weighted by molar-refractivity contribution is 5.90. The molecule has 1 heterocycles. The zero-order valence-electron chi connectivity index (χ0n) is 25.7. The van der Waals surface area contributed by atoms with Crippen molar-refractivity contribution in [2.45, 2.75) is 97.9 Å². The Bertz CT molecular complexity index is 1430. The Hall–Kier alpha value is -4.08. The van der Waals surface area contributed by atoms with Crippen LogP contribution in [0.5, 0.6) is 11.5 Å². The lowest BCUT2D eigenvalue weighted by Crippen LogP contribution is -2.38. The second kappa shape index (κ2) is 13.7. The second-order valence-corrected chi connectivity index (χ2v) is 11.9. The first-order chi connectivity index (χ1) is 19.8. The molecule has 0 spiro atoms. The highest BCUT2D eigenvalue weighted by Gasteiger charge is 2.31. The molecule has 0 radical (unpaired) electrons. The summed E-state index contributed by atoms with van der Waals surface area (Å²) >= 11 is 0. The number of rotatable bonds is 14. The van der Waals surface area contributed by atoms with Crippen molar-refractivity contribution in [2.24, 2.45) is 0 Å². The van der Waals surface area contributed by atoms with E-state index >= 15 is 0 Å².